The van der Waals surface area contributed by atoms with Crippen LogP contribution in [0.1, 0.15) is 31.7 Å². The van der Waals surface area contributed by atoms with Crippen LogP contribution in [0.25, 0.3) is 0 Å². The number of hydrogen-bond acceptors (Lipinski definition) is 4. The van der Waals surface area contributed by atoms with Crippen molar-refractivity contribution in [2.45, 2.75) is 38.6 Å². The second kappa shape index (κ2) is 5.61. The zero-order chi connectivity index (χ0) is 13.1. The Bertz CT molecular complexity index is 467. The Labute approximate surface area is 102 Å². The van der Waals surface area contributed by atoms with Crippen LogP contribution in [-0.4, -0.2) is 36.0 Å². The lowest BCUT2D eigenvalue weighted by atomic mass is 10.4. The average molecular weight is 260 g/mol. The molecule has 0 amide bonds. The predicted molar refractivity (Wildman–Crippen MR) is 65.9 cm³/mol. The van der Waals surface area contributed by atoms with Crippen LogP contribution in [0, 0.1) is 6.92 Å². The van der Waals surface area contributed by atoms with Crippen LogP contribution in [0.2, 0.25) is 0 Å². The van der Waals surface area contributed by atoms with Gasteiger partial charge in [-0.05, 0) is 13.3 Å². The quantitative estimate of drug-likeness (QED) is 0.783. The number of aryl methyl sites for hydroxylation is 1. The van der Waals surface area contributed by atoms with Crippen molar-refractivity contribution < 1.29 is 8.42 Å². The summed E-state index contributed by atoms with van der Waals surface area (Å²) >= 11 is 0. The van der Waals surface area contributed by atoms with Crippen molar-refractivity contribution in [2.75, 3.05) is 13.1 Å². The Morgan fingerprint density at radius 2 is 2.06 bits per heavy atom. The summed E-state index contributed by atoms with van der Waals surface area (Å²) < 4.78 is 26.3. The smallest absolute Gasteiger partial charge is 0.246 e. The number of nitrogens with zero attached hydrogens (tertiary/aromatic N) is 2. The SMILES string of the molecule is CCCN(CC)S(=O)(=O)c1c(CN)n[nH]c1C. The molecular weight excluding hydrogens is 240 g/mol. The standard InChI is InChI=1S/C10H20N4O2S/c1-4-6-14(5-2)17(15,16)10-8(3)12-13-9(10)7-11/h4-7,11H2,1-3H3,(H,12,13). The van der Waals surface area contributed by atoms with E-state index in [0.717, 1.165) is 6.42 Å². The Morgan fingerprint density at radius 1 is 1.41 bits per heavy atom. The Morgan fingerprint density at radius 3 is 2.53 bits per heavy atom. The summed E-state index contributed by atoms with van der Waals surface area (Å²) in [6.45, 7) is 6.54. The van der Waals surface area contributed by atoms with E-state index in [0.29, 0.717) is 24.5 Å². The summed E-state index contributed by atoms with van der Waals surface area (Å²) in [5.41, 5.74) is 6.45. The van der Waals surface area contributed by atoms with Gasteiger partial charge in [0.25, 0.3) is 0 Å². The highest BCUT2D eigenvalue weighted by atomic mass is 32.2. The molecule has 6 nitrogen and oxygen atoms in total. The van der Waals surface area contributed by atoms with E-state index in [4.69, 9.17) is 5.73 Å². The molecule has 0 radical (unpaired) electrons. The molecule has 1 aromatic heterocycles. The molecule has 0 bridgehead atoms. The van der Waals surface area contributed by atoms with Crippen LogP contribution in [0.5, 0.6) is 0 Å². The summed E-state index contributed by atoms with van der Waals surface area (Å²) in [6, 6.07) is 0. The van der Waals surface area contributed by atoms with E-state index >= 15 is 0 Å². The second-order valence-electron chi connectivity index (χ2n) is 3.83. The van der Waals surface area contributed by atoms with Gasteiger partial charge in [-0.2, -0.15) is 9.40 Å². The van der Waals surface area contributed by atoms with Crippen molar-refractivity contribution in [2.24, 2.45) is 5.73 Å². The monoisotopic (exact) mass is 260 g/mol. The zero-order valence-corrected chi connectivity index (χ0v) is 11.3. The van der Waals surface area contributed by atoms with Crippen molar-refractivity contribution in [3.63, 3.8) is 0 Å². The molecular formula is C10H20N4O2S. The molecule has 7 heteroatoms. The largest absolute Gasteiger partial charge is 0.325 e. The maximum atomic E-state index is 12.4. The van der Waals surface area contributed by atoms with Gasteiger partial charge in [0.15, 0.2) is 0 Å². The van der Waals surface area contributed by atoms with Gasteiger partial charge in [0.2, 0.25) is 10.0 Å². The lowest BCUT2D eigenvalue weighted by Gasteiger charge is -2.19. The van der Waals surface area contributed by atoms with E-state index in [9.17, 15) is 8.42 Å². The molecule has 0 aromatic carbocycles. The number of hydrogen-bond donors (Lipinski definition) is 2. The van der Waals surface area contributed by atoms with Crippen molar-refractivity contribution >= 4 is 10.0 Å². The summed E-state index contributed by atoms with van der Waals surface area (Å²) in [6.07, 6.45) is 0.780. The third-order valence-electron chi connectivity index (χ3n) is 2.58. The summed E-state index contributed by atoms with van der Waals surface area (Å²) in [5, 5.41) is 6.60. The van der Waals surface area contributed by atoms with Crippen LogP contribution in [0.15, 0.2) is 4.90 Å². The van der Waals surface area contributed by atoms with Gasteiger partial charge >= 0.3 is 0 Å². The molecule has 1 heterocycles. The van der Waals surface area contributed by atoms with Crippen LogP contribution in [0.3, 0.4) is 0 Å². The normalized spacial score (nSPS) is 12.3. The fourth-order valence-electron chi connectivity index (χ4n) is 1.78. The Balaban J connectivity index is 3.24. The summed E-state index contributed by atoms with van der Waals surface area (Å²) in [5.74, 6) is 0. The van der Waals surface area contributed by atoms with Crippen LogP contribution >= 0.6 is 0 Å². The molecule has 0 atom stereocenters. The molecule has 3 N–H and O–H groups in total. The van der Waals surface area contributed by atoms with Gasteiger partial charge in [-0.15, -0.1) is 0 Å². The maximum Gasteiger partial charge on any atom is 0.246 e. The van der Waals surface area contributed by atoms with Gasteiger partial charge in [-0.25, -0.2) is 8.42 Å². The number of rotatable bonds is 6. The number of nitrogens with two attached hydrogens (primary N) is 1. The van der Waals surface area contributed by atoms with Crippen LogP contribution in [0.4, 0.5) is 0 Å². The van der Waals surface area contributed by atoms with Gasteiger partial charge in [-0.3, -0.25) is 5.10 Å². The van der Waals surface area contributed by atoms with Crippen molar-refractivity contribution in [3.8, 4) is 0 Å². The number of aromatic amines is 1. The van der Waals surface area contributed by atoms with E-state index in [2.05, 4.69) is 10.2 Å². The third-order valence-corrected chi connectivity index (χ3v) is 4.76. The fourth-order valence-corrected chi connectivity index (χ4v) is 3.66. The average Bonchev–Trinajstić information content (AvgIpc) is 2.67. The highest BCUT2D eigenvalue weighted by Crippen LogP contribution is 2.21. The minimum absolute atomic E-state index is 0.114. The number of aromatic nitrogens is 2. The minimum atomic E-state index is -3.48. The topological polar surface area (TPSA) is 92.1 Å². The first kappa shape index (κ1) is 14.1. The maximum absolute atomic E-state index is 12.4. The summed E-state index contributed by atoms with van der Waals surface area (Å²) in [7, 11) is -3.48. The molecule has 0 saturated carbocycles. The Hall–Kier alpha value is -0.920. The van der Waals surface area contributed by atoms with Crippen LogP contribution < -0.4 is 5.73 Å². The Kier molecular flexibility index (Phi) is 4.67. The third kappa shape index (κ3) is 2.67. The van der Waals surface area contributed by atoms with E-state index in [-0.39, 0.29) is 11.4 Å². The fraction of sp³-hybridized carbons (Fsp3) is 0.700. The van der Waals surface area contributed by atoms with Crippen molar-refractivity contribution in [3.05, 3.63) is 11.4 Å². The molecule has 0 aliphatic heterocycles. The highest BCUT2D eigenvalue weighted by Gasteiger charge is 2.28. The molecule has 0 unspecified atom stereocenters. The van der Waals surface area contributed by atoms with Crippen molar-refractivity contribution in [1.82, 2.24) is 14.5 Å². The first-order valence-electron chi connectivity index (χ1n) is 5.73. The van der Waals surface area contributed by atoms with E-state index in [1.54, 1.807) is 6.92 Å². The summed E-state index contributed by atoms with van der Waals surface area (Å²) in [4.78, 5) is 0.232. The molecule has 17 heavy (non-hydrogen) atoms. The highest BCUT2D eigenvalue weighted by molar-refractivity contribution is 7.89. The zero-order valence-electron chi connectivity index (χ0n) is 10.5. The minimum Gasteiger partial charge on any atom is -0.325 e. The van der Waals surface area contributed by atoms with Gasteiger partial charge < -0.3 is 5.73 Å². The first-order chi connectivity index (χ1) is 7.98. The second-order valence-corrected chi connectivity index (χ2v) is 5.70. The molecule has 0 fully saturated rings. The molecule has 1 aromatic rings. The lowest BCUT2D eigenvalue weighted by molar-refractivity contribution is 0.426. The molecule has 0 saturated heterocycles. The van der Waals surface area contributed by atoms with E-state index in [1.165, 1.54) is 4.31 Å². The molecule has 98 valence electrons. The van der Waals surface area contributed by atoms with Crippen molar-refractivity contribution in [1.29, 1.82) is 0 Å². The predicted octanol–water partition coefficient (Wildman–Crippen LogP) is 0.597. The number of H-pyrrole nitrogens is 1. The molecule has 0 spiro atoms. The van der Waals surface area contributed by atoms with Crippen LogP contribution in [-0.2, 0) is 16.6 Å². The van der Waals surface area contributed by atoms with Gasteiger partial charge in [0, 0.05) is 19.6 Å². The van der Waals surface area contributed by atoms with E-state index in [1.807, 2.05) is 13.8 Å². The molecule has 0 aliphatic carbocycles. The van der Waals surface area contributed by atoms with Gasteiger partial charge in [0.05, 0.1) is 11.4 Å². The van der Waals surface area contributed by atoms with E-state index < -0.39 is 10.0 Å². The lowest BCUT2D eigenvalue weighted by Crippen LogP contribution is -2.32. The van der Waals surface area contributed by atoms with Gasteiger partial charge in [0.1, 0.15) is 4.90 Å². The molecule has 1 rings (SSSR count). The molecule has 0 aliphatic rings. The van der Waals surface area contributed by atoms with Gasteiger partial charge in [-0.1, -0.05) is 13.8 Å². The number of nitrogens with one attached hydrogen (secondary N) is 1. The number of sulfonamides is 1. The first-order valence-corrected chi connectivity index (χ1v) is 7.17.